The first-order valence-corrected chi connectivity index (χ1v) is 46.4. The average Bonchev–Trinajstić information content (AvgIpc) is 1.62. The van der Waals surface area contributed by atoms with Crippen LogP contribution in [0.2, 0.25) is 5.02 Å². The number of benzene rings is 4. The van der Waals surface area contributed by atoms with E-state index in [0.717, 1.165) is 196 Å². The van der Waals surface area contributed by atoms with Gasteiger partial charge < -0.3 is 59.5 Å². The third-order valence-electron chi connectivity index (χ3n) is 25.0. The summed E-state index contributed by atoms with van der Waals surface area (Å²) in [5.74, 6) is 1.64. The average molecular weight is 1820 g/mol. The second-order valence-electron chi connectivity index (χ2n) is 34.0. The van der Waals surface area contributed by atoms with Gasteiger partial charge in [0.1, 0.15) is 17.5 Å². The number of aromatic nitrogens is 18. The van der Waals surface area contributed by atoms with E-state index in [4.69, 9.17) is 46.0 Å². The summed E-state index contributed by atoms with van der Waals surface area (Å²) in [6, 6.07) is 43.7. The van der Waals surface area contributed by atoms with Gasteiger partial charge in [-0.1, -0.05) is 126 Å². The molecule has 24 nitrogen and oxygen atoms in total. The summed E-state index contributed by atoms with van der Waals surface area (Å²) in [5.41, 5.74) is 25.5. The molecule has 4 atom stereocenters. The Morgan fingerprint density at radius 3 is 1.11 bits per heavy atom. The van der Waals surface area contributed by atoms with Gasteiger partial charge in [-0.25, -0.2) is 43.1 Å². The van der Waals surface area contributed by atoms with E-state index < -0.39 is 0 Å². The fraction of sp³-hybridized carbons (Fsp3) is 0.264. The quantitative estimate of drug-likeness (QED) is 0.0174. The number of para-hydroxylation sites is 4. The number of imidazole rings is 4. The van der Waals surface area contributed by atoms with Crippen LogP contribution in [0, 0.1) is 17.5 Å². The molecule has 0 aliphatic rings. The number of nitrogens with one attached hydrogen (secondary N) is 8. The van der Waals surface area contributed by atoms with Gasteiger partial charge in [0.25, 0.3) is 0 Å². The van der Waals surface area contributed by atoms with E-state index in [2.05, 4.69) is 223 Å². The topological polar surface area (TPSA) is 276 Å². The van der Waals surface area contributed by atoms with Crippen LogP contribution in [0.1, 0.15) is 149 Å². The Hall–Kier alpha value is -14.5. The Labute approximate surface area is 780 Å². The molecule has 134 heavy (non-hydrogen) atoms. The maximum absolute atomic E-state index is 14.0. The summed E-state index contributed by atoms with van der Waals surface area (Å²) in [6.07, 6.45) is 44.5. The van der Waals surface area contributed by atoms with Crippen LogP contribution in [0.15, 0.2) is 257 Å². The van der Waals surface area contributed by atoms with E-state index in [0.29, 0.717) is 59.6 Å². The lowest BCUT2D eigenvalue weighted by molar-refractivity contribution is 0.140. The number of hydrogen-bond donors (Lipinski definition) is 8. The van der Waals surface area contributed by atoms with Crippen molar-refractivity contribution < 1.29 is 22.6 Å². The number of anilines is 4. The maximum atomic E-state index is 14.0. The molecule has 0 saturated heterocycles. The normalized spacial score (nSPS) is 12.4. The molecule has 0 saturated carbocycles. The third-order valence-corrected chi connectivity index (χ3v) is 25.2. The van der Waals surface area contributed by atoms with Crippen LogP contribution in [-0.2, 0) is 35.2 Å². The van der Waals surface area contributed by atoms with Crippen LogP contribution in [-0.4, -0.2) is 140 Å². The molecule has 16 aromatic heterocycles. The van der Waals surface area contributed by atoms with E-state index in [1.165, 1.54) is 86.3 Å². The second-order valence-corrected chi connectivity index (χ2v) is 34.4. The summed E-state index contributed by atoms with van der Waals surface area (Å²) < 4.78 is 61.0. The van der Waals surface area contributed by atoms with Crippen molar-refractivity contribution in [2.24, 2.45) is 0 Å². The molecule has 684 valence electrons. The summed E-state index contributed by atoms with van der Waals surface area (Å²) in [4.78, 5) is 58.2. The largest absolute Gasteiger partial charge is 0.385 e. The Morgan fingerprint density at radius 1 is 0.373 bits per heavy atom. The van der Waals surface area contributed by atoms with Crippen LogP contribution >= 0.6 is 11.6 Å². The second kappa shape index (κ2) is 42.8. The summed E-state index contributed by atoms with van der Waals surface area (Å²) in [6.45, 7) is 20.2. The summed E-state index contributed by atoms with van der Waals surface area (Å²) in [5, 5.41) is 19.7. The minimum atomic E-state index is -0.383. The number of nitrogens with zero attached hydrogens (tertiary/aromatic N) is 14. The predicted molar refractivity (Wildman–Crippen MR) is 533 cm³/mol. The number of rotatable bonds is 34. The Kier molecular flexibility index (Phi) is 29.2. The van der Waals surface area contributed by atoms with Gasteiger partial charge in [0, 0.05) is 264 Å². The summed E-state index contributed by atoms with van der Waals surface area (Å²) >= 11 is 6.20. The van der Waals surface area contributed by atoms with Crippen molar-refractivity contribution in [1.82, 2.24) is 87.4 Å². The molecule has 20 rings (SSSR count). The molecule has 0 radical (unpaired) electrons. The van der Waals surface area contributed by atoms with Gasteiger partial charge in [-0.2, -0.15) is 0 Å². The van der Waals surface area contributed by atoms with E-state index in [9.17, 15) is 13.2 Å². The van der Waals surface area contributed by atoms with Crippen molar-refractivity contribution in [2.75, 3.05) is 74.4 Å². The molecular formula is C106H110ClF3N22O2. The smallest absolute Gasteiger partial charge is 0.180 e. The zero-order valence-corrected chi connectivity index (χ0v) is 77.2. The number of hydrogen-bond acceptors (Lipinski definition) is 16. The van der Waals surface area contributed by atoms with E-state index in [1.54, 1.807) is 38.1 Å². The predicted octanol–water partition coefficient (Wildman–Crippen LogP) is 24.1. The molecule has 28 heteroatoms. The van der Waals surface area contributed by atoms with Crippen molar-refractivity contribution in [2.45, 2.75) is 130 Å². The van der Waals surface area contributed by atoms with Gasteiger partial charge in [-0.05, 0) is 165 Å². The first kappa shape index (κ1) is 91.4. The molecule has 4 aromatic carbocycles. The lowest BCUT2D eigenvalue weighted by Crippen LogP contribution is -2.09. The lowest BCUT2D eigenvalue weighted by Gasteiger charge is -2.15. The first-order valence-electron chi connectivity index (χ1n) is 46.0. The molecule has 0 aliphatic carbocycles. The highest BCUT2D eigenvalue weighted by molar-refractivity contribution is 6.30. The highest BCUT2D eigenvalue weighted by Crippen LogP contribution is 2.37. The molecule has 16 heterocycles. The standard InChI is InChI=1S/2C28H30FN5O.C25H25ClN6.C25H25FN6/c1-19(6-5-11-35-2)27-17-33-28-26(13-22(18-34(27)28)21-12-23(29)16-30-14-21)31-10-9-20-15-32-25-8-4-3-7-24(20)25;1-3-35-11-9-19(2)27-17-33-28-26(13-22(18-34(27)28)21-12-23(29)16-30-14-21)31-10-8-20-15-32-25-7-5-4-6-24(20)25;2*1-3-16(2)23-14-30-25-24(28-9-8-17-12-29-21-7-5-4-6-20(17)21)31-22(15-32(23)25)18-10-19(26)13-27-11-18/h3-4,7-8,12-19,31-32H,5-6,9-11H2,1-2H3;4-7,12-19,31-32H,3,8-11H2,1-2H3;2*4-7,10-16,29H,3,8-9H2,1-2H3,(H,28,31). The van der Waals surface area contributed by atoms with Gasteiger partial charge in [-0.3, -0.25) is 28.7 Å². The Balaban J connectivity index is 0.000000124. The van der Waals surface area contributed by atoms with Crippen molar-refractivity contribution in [3.63, 3.8) is 0 Å². The van der Waals surface area contributed by atoms with Crippen molar-refractivity contribution in [3.05, 3.63) is 325 Å². The number of fused-ring (bicyclic) bond motifs is 8. The lowest BCUT2D eigenvalue weighted by atomic mass is 10.0. The fourth-order valence-electron chi connectivity index (χ4n) is 17.3. The molecule has 20 aromatic rings. The van der Waals surface area contributed by atoms with Gasteiger partial charge in [0.15, 0.2) is 34.2 Å². The van der Waals surface area contributed by atoms with E-state index in [1.807, 2.05) is 99.0 Å². The number of pyridine rings is 6. The first-order chi connectivity index (χ1) is 65.5. The van der Waals surface area contributed by atoms with Gasteiger partial charge in [0.05, 0.1) is 46.4 Å². The molecule has 4 unspecified atom stereocenters. The van der Waals surface area contributed by atoms with Gasteiger partial charge >= 0.3 is 0 Å². The number of halogens is 4. The monoisotopic (exact) mass is 1810 g/mol. The van der Waals surface area contributed by atoms with Crippen molar-refractivity contribution in [3.8, 4) is 44.8 Å². The Morgan fingerprint density at radius 2 is 0.724 bits per heavy atom. The van der Waals surface area contributed by atoms with Crippen LogP contribution in [0.25, 0.3) is 111 Å². The molecule has 0 fully saturated rings. The van der Waals surface area contributed by atoms with Crippen LogP contribution in [0.4, 0.5) is 36.2 Å². The SMILES string of the molecule is CCC(C)c1cnc2c(NCCc3c[nH]c4ccccc34)nc(-c3cncc(Cl)c3)cn12.CCC(C)c1cnc2c(NCCc3c[nH]c4ccccc34)nc(-c3cncc(F)c3)cn12.CCOCCC(C)c1cnc2c(NCCc3c[nH]c4ccccc34)cc(-c3cncc(F)c3)cn12.COCCCC(C)c1cnc2c(NCCc3c[nH]c4ccccc34)cc(-c3cncc(F)c3)cn12. The van der Waals surface area contributed by atoms with Crippen LogP contribution < -0.4 is 21.3 Å². The third kappa shape index (κ3) is 21.0. The molecule has 8 N–H and O–H groups in total. The molecule has 0 bridgehead atoms. The number of methoxy groups -OCH3 is 1. The number of ether oxygens (including phenoxy) is 2. The van der Waals surface area contributed by atoms with Crippen molar-refractivity contribution >= 4 is 101 Å². The zero-order valence-electron chi connectivity index (χ0n) is 76.5. The van der Waals surface area contributed by atoms with E-state index >= 15 is 0 Å². The molecule has 0 spiro atoms. The summed E-state index contributed by atoms with van der Waals surface area (Å²) in [7, 11) is 1.73. The minimum absolute atomic E-state index is 0.261. The molecular weight excluding hydrogens is 1710 g/mol. The van der Waals surface area contributed by atoms with E-state index in [-0.39, 0.29) is 23.4 Å². The fourth-order valence-corrected chi connectivity index (χ4v) is 17.5. The number of H-pyrrole nitrogens is 4. The highest BCUT2D eigenvalue weighted by Gasteiger charge is 2.23. The Bertz CT molecular complexity index is 6960. The minimum Gasteiger partial charge on any atom is -0.385 e. The van der Waals surface area contributed by atoms with Gasteiger partial charge in [-0.15, -0.1) is 0 Å². The van der Waals surface area contributed by atoms with Crippen LogP contribution in [0.5, 0.6) is 0 Å². The highest BCUT2D eigenvalue weighted by atomic mass is 35.5. The zero-order chi connectivity index (χ0) is 92.6. The molecule has 0 amide bonds. The molecule has 0 aliphatic heterocycles. The van der Waals surface area contributed by atoms with Crippen LogP contribution in [0.3, 0.4) is 0 Å². The number of aromatic amines is 4. The maximum Gasteiger partial charge on any atom is 0.180 e. The van der Waals surface area contributed by atoms with Gasteiger partial charge in [0.2, 0.25) is 0 Å². The van der Waals surface area contributed by atoms with Crippen molar-refractivity contribution in [1.29, 1.82) is 0 Å².